The molecule has 2 aliphatic carbocycles. The molecule has 1 heteroatoms. The molecule has 0 amide bonds. The second-order valence-corrected chi connectivity index (χ2v) is 7.15. The first-order valence-corrected chi connectivity index (χ1v) is 7.28. The summed E-state index contributed by atoms with van der Waals surface area (Å²) in [6, 6.07) is 0.791. The van der Waals surface area contributed by atoms with Gasteiger partial charge in [0, 0.05) is 6.04 Å². The van der Waals surface area contributed by atoms with Gasteiger partial charge in [-0.15, -0.1) is 0 Å². The molecule has 2 rings (SSSR count). The van der Waals surface area contributed by atoms with Crippen molar-refractivity contribution < 1.29 is 0 Å². The second-order valence-electron chi connectivity index (χ2n) is 7.15. The molecule has 0 radical (unpaired) electrons. The summed E-state index contributed by atoms with van der Waals surface area (Å²) in [5, 5.41) is 3.81. The van der Waals surface area contributed by atoms with Crippen molar-refractivity contribution in [1.29, 1.82) is 0 Å². The summed E-state index contributed by atoms with van der Waals surface area (Å²) in [6.07, 6.45) is 10.1. The molecular formula is C15H29N. The van der Waals surface area contributed by atoms with Crippen LogP contribution in [-0.2, 0) is 0 Å². The first kappa shape index (κ1) is 12.4. The first-order valence-electron chi connectivity index (χ1n) is 7.28. The Morgan fingerprint density at radius 2 is 1.94 bits per heavy atom. The maximum Gasteiger partial charge on any atom is 0.00746 e. The molecule has 2 atom stereocenters. The fraction of sp³-hybridized carbons (Fsp3) is 1.00. The summed E-state index contributed by atoms with van der Waals surface area (Å²) >= 11 is 0. The van der Waals surface area contributed by atoms with E-state index in [0.29, 0.717) is 5.41 Å². The minimum atomic E-state index is 0.561. The monoisotopic (exact) mass is 223 g/mol. The second kappa shape index (κ2) is 5.08. The van der Waals surface area contributed by atoms with Gasteiger partial charge in [0.25, 0.3) is 0 Å². The van der Waals surface area contributed by atoms with E-state index in [2.05, 4.69) is 26.1 Å². The highest BCUT2D eigenvalue weighted by atomic mass is 14.9. The van der Waals surface area contributed by atoms with E-state index in [1.54, 1.807) is 0 Å². The molecule has 0 heterocycles. The predicted octanol–water partition coefficient (Wildman–Crippen LogP) is 3.98. The highest BCUT2D eigenvalue weighted by molar-refractivity contribution is 4.86. The van der Waals surface area contributed by atoms with Gasteiger partial charge < -0.3 is 5.32 Å². The molecule has 16 heavy (non-hydrogen) atoms. The Balaban J connectivity index is 1.67. The van der Waals surface area contributed by atoms with Crippen LogP contribution in [0.1, 0.15) is 65.7 Å². The normalized spacial score (nSPS) is 34.7. The molecule has 0 aromatic carbocycles. The molecule has 2 saturated carbocycles. The summed E-state index contributed by atoms with van der Waals surface area (Å²) in [4.78, 5) is 0. The predicted molar refractivity (Wildman–Crippen MR) is 70.5 cm³/mol. The van der Waals surface area contributed by atoms with Crippen molar-refractivity contribution in [2.75, 3.05) is 6.54 Å². The quantitative estimate of drug-likeness (QED) is 0.760. The Labute approximate surface area is 101 Å². The number of nitrogens with one attached hydrogen (secondary N) is 1. The van der Waals surface area contributed by atoms with Gasteiger partial charge in [-0.05, 0) is 49.5 Å². The Hall–Kier alpha value is -0.0400. The topological polar surface area (TPSA) is 12.0 Å². The molecule has 0 aliphatic heterocycles. The van der Waals surface area contributed by atoms with E-state index in [-0.39, 0.29) is 0 Å². The number of rotatable bonds is 4. The molecule has 0 aromatic heterocycles. The summed E-state index contributed by atoms with van der Waals surface area (Å²) in [6.45, 7) is 8.55. The van der Waals surface area contributed by atoms with Gasteiger partial charge in [0.05, 0.1) is 0 Å². The molecule has 1 N–H and O–H groups in total. The molecule has 2 fully saturated rings. The van der Waals surface area contributed by atoms with E-state index >= 15 is 0 Å². The fourth-order valence-corrected chi connectivity index (χ4v) is 3.77. The Bertz CT molecular complexity index is 217. The van der Waals surface area contributed by atoms with Gasteiger partial charge in [-0.2, -0.15) is 0 Å². The van der Waals surface area contributed by atoms with Crippen molar-refractivity contribution in [2.24, 2.45) is 17.3 Å². The van der Waals surface area contributed by atoms with Crippen LogP contribution in [0.25, 0.3) is 0 Å². The van der Waals surface area contributed by atoms with Crippen LogP contribution in [-0.4, -0.2) is 12.6 Å². The third kappa shape index (κ3) is 3.48. The lowest BCUT2D eigenvalue weighted by Gasteiger charge is -2.39. The van der Waals surface area contributed by atoms with Crippen LogP contribution in [0.15, 0.2) is 0 Å². The van der Waals surface area contributed by atoms with E-state index in [1.807, 2.05) is 0 Å². The molecule has 94 valence electrons. The zero-order chi connectivity index (χ0) is 11.6. The summed E-state index contributed by atoms with van der Waals surface area (Å²) in [5.41, 5.74) is 0.561. The van der Waals surface area contributed by atoms with Crippen LogP contribution < -0.4 is 5.32 Å². The highest BCUT2D eigenvalue weighted by Gasteiger charge is 2.31. The summed E-state index contributed by atoms with van der Waals surface area (Å²) in [7, 11) is 0. The summed E-state index contributed by atoms with van der Waals surface area (Å²) < 4.78 is 0. The van der Waals surface area contributed by atoms with Gasteiger partial charge in [-0.3, -0.25) is 0 Å². The third-order valence-electron chi connectivity index (χ3n) is 4.60. The smallest absolute Gasteiger partial charge is 0.00746 e. The summed E-state index contributed by atoms with van der Waals surface area (Å²) in [5.74, 6) is 1.96. The Kier molecular flexibility index (Phi) is 3.94. The van der Waals surface area contributed by atoms with Crippen molar-refractivity contribution in [3.05, 3.63) is 0 Å². The third-order valence-corrected chi connectivity index (χ3v) is 4.60. The van der Waals surface area contributed by atoms with Crippen LogP contribution in [0.3, 0.4) is 0 Å². The lowest BCUT2D eigenvalue weighted by molar-refractivity contribution is 0.149. The van der Waals surface area contributed by atoms with Crippen LogP contribution >= 0.6 is 0 Å². The van der Waals surface area contributed by atoms with Crippen LogP contribution in [0.2, 0.25) is 0 Å². The van der Waals surface area contributed by atoms with Crippen LogP contribution in [0.4, 0.5) is 0 Å². The largest absolute Gasteiger partial charge is 0.314 e. The first-order chi connectivity index (χ1) is 7.55. The van der Waals surface area contributed by atoms with Gasteiger partial charge in [0.15, 0.2) is 0 Å². The Morgan fingerprint density at radius 3 is 2.50 bits per heavy atom. The lowest BCUT2D eigenvalue weighted by atomic mass is 9.70. The van der Waals surface area contributed by atoms with Crippen LogP contribution in [0.5, 0.6) is 0 Å². The fourth-order valence-electron chi connectivity index (χ4n) is 3.77. The van der Waals surface area contributed by atoms with E-state index in [1.165, 1.54) is 51.5 Å². The number of hydrogen-bond donors (Lipinski definition) is 1. The molecule has 2 unspecified atom stereocenters. The van der Waals surface area contributed by atoms with Crippen LogP contribution in [0, 0.1) is 17.3 Å². The van der Waals surface area contributed by atoms with Gasteiger partial charge in [-0.1, -0.05) is 40.0 Å². The van der Waals surface area contributed by atoms with E-state index in [4.69, 9.17) is 0 Å². The highest BCUT2D eigenvalue weighted by Crippen LogP contribution is 2.38. The zero-order valence-electron chi connectivity index (χ0n) is 11.4. The van der Waals surface area contributed by atoms with Gasteiger partial charge >= 0.3 is 0 Å². The molecule has 0 bridgehead atoms. The minimum Gasteiger partial charge on any atom is -0.314 e. The maximum absolute atomic E-state index is 3.81. The van der Waals surface area contributed by atoms with Crippen molar-refractivity contribution in [1.82, 2.24) is 5.32 Å². The van der Waals surface area contributed by atoms with Crippen molar-refractivity contribution in [3.8, 4) is 0 Å². The molecule has 0 spiro atoms. The lowest BCUT2D eigenvalue weighted by Crippen LogP contribution is -2.41. The van der Waals surface area contributed by atoms with Crippen molar-refractivity contribution in [2.45, 2.75) is 71.8 Å². The SMILES string of the molecule is CC1CC(NCCC2CCC2)CC(C)(C)C1. The minimum absolute atomic E-state index is 0.561. The average molecular weight is 223 g/mol. The number of hydrogen-bond acceptors (Lipinski definition) is 1. The van der Waals surface area contributed by atoms with Gasteiger partial charge in [0.1, 0.15) is 0 Å². The maximum atomic E-state index is 3.81. The molecular weight excluding hydrogens is 194 g/mol. The average Bonchev–Trinajstić information content (AvgIpc) is 2.05. The van der Waals surface area contributed by atoms with Crippen molar-refractivity contribution >= 4 is 0 Å². The van der Waals surface area contributed by atoms with Crippen molar-refractivity contribution in [3.63, 3.8) is 0 Å². The van der Waals surface area contributed by atoms with Gasteiger partial charge in [0.2, 0.25) is 0 Å². The van der Waals surface area contributed by atoms with E-state index in [9.17, 15) is 0 Å². The molecule has 0 saturated heterocycles. The molecule has 2 aliphatic rings. The molecule has 0 aromatic rings. The Morgan fingerprint density at radius 1 is 1.19 bits per heavy atom. The zero-order valence-corrected chi connectivity index (χ0v) is 11.4. The van der Waals surface area contributed by atoms with Gasteiger partial charge in [-0.25, -0.2) is 0 Å². The van der Waals surface area contributed by atoms with E-state index in [0.717, 1.165) is 17.9 Å². The molecule has 1 nitrogen and oxygen atoms in total. The van der Waals surface area contributed by atoms with E-state index < -0.39 is 0 Å². The standard InChI is InChI=1S/C15H29N/c1-12-9-14(11-15(2,3)10-12)16-8-7-13-5-4-6-13/h12-14,16H,4-11H2,1-3H3.